The summed E-state index contributed by atoms with van der Waals surface area (Å²) in [5.74, 6) is 0.690. The number of Topliss-reactive ketones (excluding diaryl/α,β-unsaturated/α-hetero) is 1. The molecular formula is C19H21FN4O2S. The van der Waals surface area contributed by atoms with E-state index in [1.807, 2.05) is 17.0 Å². The van der Waals surface area contributed by atoms with E-state index >= 15 is 0 Å². The second-order valence-electron chi connectivity index (χ2n) is 6.77. The van der Waals surface area contributed by atoms with Crippen molar-refractivity contribution in [1.29, 1.82) is 0 Å². The molecule has 1 fully saturated rings. The molecule has 0 radical (unpaired) electrons. The van der Waals surface area contributed by atoms with Crippen LogP contribution in [0, 0.1) is 10.5 Å². The van der Waals surface area contributed by atoms with E-state index in [0.29, 0.717) is 48.0 Å². The summed E-state index contributed by atoms with van der Waals surface area (Å²) in [6, 6.07) is 6.81. The molecule has 1 aromatic carbocycles. The van der Waals surface area contributed by atoms with Crippen molar-refractivity contribution >= 4 is 29.5 Å². The lowest BCUT2D eigenvalue weighted by atomic mass is 10.1. The number of rotatable bonds is 4. The molecule has 0 atom stereocenters. The summed E-state index contributed by atoms with van der Waals surface area (Å²) in [6.45, 7) is 3.49. The first-order chi connectivity index (χ1) is 13.0. The van der Waals surface area contributed by atoms with Gasteiger partial charge in [0.15, 0.2) is 5.82 Å². The first-order valence-corrected chi connectivity index (χ1v) is 9.42. The van der Waals surface area contributed by atoms with Crippen LogP contribution >= 0.6 is 12.2 Å². The first-order valence-electron chi connectivity index (χ1n) is 9.01. The molecule has 2 aliphatic rings. The number of hydrogen-bond donors (Lipinski definition) is 0. The summed E-state index contributed by atoms with van der Waals surface area (Å²) in [5.41, 5.74) is 1.46. The maximum absolute atomic E-state index is 13.9. The molecule has 8 heteroatoms. The molecule has 142 valence electrons. The van der Waals surface area contributed by atoms with Crippen LogP contribution in [0.1, 0.15) is 16.2 Å². The Hall–Kier alpha value is -2.32. The van der Waals surface area contributed by atoms with Gasteiger partial charge in [0.05, 0.1) is 19.8 Å². The van der Waals surface area contributed by atoms with Crippen molar-refractivity contribution in [1.82, 2.24) is 9.55 Å². The third-order valence-corrected chi connectivity index (χ3v) is 5.50. The predicted octanol–water partition coefficient (Wildman–Crippen LogP) is 2.37. The smallest absolute Gasteiger partial charge is 0.217 e. The number of benzene rings is 1. The molecule has 2 aromatic rings. The van der Waals surface area contributed by atoms with Crippen LogP contribution in [-0.4, -0.2) is 54.7 Å². The summed E-state index contributed by atoms with van der Waals surface area (Å²) in [5, 5.41) is 0. The maximum Gasteiger partial charge on any atom is 0.217 e. The molecule has 0 aliphatic carbocycles. The highest BCUT2D eigenvalue weighted by Gasteiger charge is 2.26. The number of nitrogens with zero attached hydrogens (tertiary/aromatic N) is 4. The molecule has 0 saturated carbocycles. The van der Waals surface area contributed by atoms with Crippen LogP contribution in [0.4, 0.5) is 15.9 Å². The number of ether oxygens (including phenoxy) is 1. The highest BCUT2D eigenvalue weighted by atomic mass is 32.1. The third kappa shape index (κ3) is 3.46. The number of aromatic nitrogens is 2. The van der Waals surface area contributed by atoms with E-state index < -0.39 is 0 Å². The summed E-state index contributed by atoms with van der Waals surface area (Å²) in [7, 11) is 1.75. The fourth-order valence-electron chi connectivity index (χ4n) is 3.60. The molecule has 3 heterocycles. The lowest BCUT2D eigenvalue weighted by Crippen LogP contribution is -2.37. The van der Waals surface area contributed by atoms with Gasteiger partial charge in [-0.2, -0.15) is 0 Å². The minimum Gasteiger partial charge on any atom is -0.378 e. The van der Waals surface area contributed by atoms with Crippen molar-refractivity contribution in [2.75, 3.05) is 49.2 Å². The van der Waals surface area contributed by atoms with Crippen LogP contribution < -0.4 is 9.80 Å². The van der Waals surface area contributed by atoms with Gasteiger partial charge < -0.3 is 19.1 Å². The van der Waals surface area contributed by atoms with E-state index in [1.54, 1.807) is 17.7 Å². The molecule has 27 heavy (non-hydrogen) atoms. The van der Waals surface area contributed by atoms with Crippen molar-refractivity contribution in [2.45, 2.75) is 6.42 Å². The van der Waals surface area contributed by atoms with Crippen molar-refractivity contribution in [3.05, 3.63) is 46.1 Å². The van der Waals surface area contributed by atoms with Crippen LogP contribution in [0.5, 0.6) is 0 Å². The SMILES string of the molecule is Cn1c(C(=O)CN2CCc3c(F)cccc32)nc(N2CCOCC2)cc1=S. The molecule has 0 spiro atoms. The van der Waals surface area contributed by atoms with E-state index in [9.17, 15) is 9.18 Å². The summed E-state index contributed by atoms with van der Waals surface area (Å²) >= 11 is 5.43. The van der Waals surface area contributed by atoms with Gasteiger partial charge in [-0.25, -0.2) is 9.37 Å². The number of hydrogen-bond acceptors (Lipinski definition) is 6. The highest BCUT2D eigenvalue weighted by molar-refractivity contribution is 7.71. The van der Waals surface area contributed by atoms with Gasteiger partial charge in [0.1, 0.15) is 16.3 Å². The lowest BCUT2D eigenvalue weighted by molar-refractivity contribution is 0.0985. The summed E-state index contributed by atoms with van der Waals surface area (Å²) < 4.78 is 21.5. The molecule has 0 amide bonds. The molecule has 2 aliphatic heterocycles. The minimum absolute atomic E-state index is 0.129. The van der Waals surface area contributed by atoms with E-state index in [4.69, 9.17) is 17.0 Å². The van der Waals surface area contributed by atoms with E-state index in [0.717, 1.165) is 18.8 Å². The summed E-state index contributed by atoms with van der Waals surface area (Å²) in [6.07, 6.45) is 0.606. The average Bonchev–Trinajstić information content (AvgIpc) is 3.08. The Morgan fingerprint density at radius 3 is 2.85 bits per heavy atom. The maximum atomic E-state index is 13.9. The number of ketones is 1. The highest BCUT2D eigenvalue weighted by Crippen LogP contribution is 2.29. The van der Waals surface area contributed by atoms with Crippen molar-refractivity contribution < 1.29 is 13.9 Å². The van der Waals surface area contributed by atoms with Gasteiger partial charge in [0.2, 0.25) is 5.78 Å². The quantitative estimate of drug-likeness (QED) is 0.592. The van der Waals surface area contributed by atoms with Gasteiger partial charge in [0.25, 0.3) is 0 Å². The Bertz CT molecular complexity index is 940. The van der Waals surface area contributed by atoms with E-state index in [2.05, 4.69) is 9.88 Å². The van der Waals surface area contributed by atoms with E-state index in [1.165, 1.54) is 6.07 Å². The first kappa shape index (κ1) is 18.1. The number of fused-ring (bicyclic) bond motifs is 1. The number of morpholine rings is 1. The van der Waals surface area contributed by atoms with Gasteiger partial charge in [-0.15, -0.1) is 0 Å². The van der Waals surface area contributed by atoms with Gasteiger partial charge in [-0.05, 0) is 18.6 Å². The second-order valence-corrected chi connectivity index (χ2v) is 7.19. The molecule has 4 rings (SSSR count). The van der Waals surface area contributed by atoms with Gasteiger partial charge >= 0.3 is 0 Å². The Labute approximate surface area is 162 Å². The Kier molecular flexibility index (Phi) is 4.92. The van der Waals surface area contributed by atoms with Crippen molar-refractivity contribution in [3.8, 4) is 0 Å². The zero-order valence-electron chi connectivity index (χ0n) is 15.2. The van der Waals surface area contributed by atoms with Crippen LogP contribution in [0.2, 0.25) is 0 Å². The lowest BCUT2D eigenvalue weighted by Gasteiger charge is -2.28. The number of carbonyl (C=O) groups excluding carboxylic acids is 1. The molecule has 1 saturated heterocycles. The normalized spacial score (nSPS) is 16.5. The fourth-order valence-corrected chi connectivity index (χ4v) is 3.79. The van der Waals surface area contributed by atoms with Crippen molar-refractivity contribution in [2.24, 2.45) is 7.05 Å². The molecule has 0 unspecified atom stereocenters. The Morgan fingerprint density at radius 1 is 1.30 bits per heavy atom. The zero-order valence-corrected chi connectivity index (χ0v) is 16.0. The summed E-state index contributed by atoms with van der Waals surface area (Å²) in [4.78, 5) is 21.6. The topological polar surface area (TPSA) is 50.6 Å². The third-order valence-electron chi connectivity index (χ3n) is 5.11. The molecule has 0 N–H and O–H groups in total. The molecular weight excluding hydrogens is 367 g/mol. The molecule has 6 nitrogen and oxygen atoms in total. The van der Waals surface area contributed by atoms with Gasteiger partial charge in [0, 0.05) is 44.0 Å². The zero-order chi connectivity index (χ0) is 19.0. The van der Waals surface area contributed by atoms with Crippen LogP contribution in [0.15, 0.2) is 24.3 Å². The average molecular weight is 388 g/mol. The van der Waals surface area contributed by atoms with Gasteiger partial charge in [-0.1, -0.05) is 18.3 Å². The number of carbonyl (C=O) groups is 1. The van der Waals surface area contributed by atoms with Crippen LogP contribution in [0.25, 0.3) is 0 Å². The number of anilines is 2. The number of halogens is 1. The molecule has 1 aromatic heterocycles. The predicted molar refractivity (Wildman–Crippen MR) is 104 cm³/mol. The van der Waals surface area contributed by atoms with Crippen molar-refractivity contribution in [3.63, 3.8) is 0 Å². The monoisotopic (exact) mass is 388 g/mol. The Balaban J connectivity index is 1.60. The van der Waals surface area contributed by atoms with Crippen LogP contribution in [0.3, 0.4) is 0 Å². The fraction of sp³-hybridized carbons (Fsp3) is 0.421. The van der Waals surface area contributed by atoms with Crippen LogP contribution in [-0.2, 0) is 18.2 Å². The second kappa shape index (κ2) is 7.36. The van der Waals surface area contributed by atoms with E-state index in [-0.39, 0.29) is 18.1 Å². The molecule has 0 bridgehead atoms. The Morgan fingerprint density at radius 2 is 2.07 bits per heavy atom. The minimum atomic E-state index is -0.215. The largest absolute Gasteiger partial charge is 0.378 e. The standard InChI is InChI=1S/C19H21FN4O2S/c1-22-18(27)11-17(23-7-9-26-10-8-23)21-19(22)16(25)12-24-6-5-13-14(20)3-2-4-15(13)24/h2-4,11H,5-10,12H2,1H3. The van der Waals surface area contributed by atoms with Gasteiger partial charge in [-0.3, -0.25) is 4.79 Å².